The normalized spacial score (nSPS) is 12.1. The number of aryl methyl sites for hydroxylation is 1. The lowest BCUT2D eigenvalue weighted by atomic mass is 10.1. The van der Waals surface area contributed by atoms with E-state index in [1.165, 1.54) is 10.4 Å². The lowest BCUT2D eigenvalue weighted by molar-refractivity contribution is 0.322. The molecule has 2 aromatic rings. The first-order chi connectivity index (χ1) is 10.0. The predicted molar refractivity (Wildman–Crippen MR) is 93.6 cm³/mol. The summed E-state index contributed by atoms with van der Waals surface area (Å²) >= 11 is 9.02. The molecule has 0 spiro atoms. The van der Waals surface area contributed by atoms with Crippen molar-refractivity contribution in [1.29, 1.82) is 0 Å². The Morgan fingerprint density at radius 1 is 1.05 bits per heavy atom. The third-order valence-electron chi connectivity index (χ3n) is 3.13. The highest BCUT2D eigenvalue weighted by Crippen LogP contribution is 2.48. The molecule has 0 aliphatic rings. The van der Waals surface area contributed by atoms with E-state index in [9.17, 15) is 0 Å². The van der Waals surface area contributed by atoms with Gasteiger partial charge in [0.1, 0.15) is 0 Å². The van der Waals surface area contributed by atoms with Crippen LogP contribution in [0.3, 0.4) is 0 Å². The minimum Gasteiger partial charge on any atom is -0.493 e. The SMILES string of the molecule is COc1ccc(C(Br)c2cc(C)c(Br)s2)c(OC)c1OC. The molecule has 0 aliphatic carbocycles. The lowest BCUT2D eigenvalue weighted by Crippen LogP contribution is -2.00. The van der Waals surface area contributed by atoms with Gasteiger partial charge in [0.25, 0.3) is 0 Å². The van der Waals surface area contributed by atoms with Gasteiger partial charge in [-0.3, -0.25) is 0 Å². The van der Waals surface area contributed by atoms with Crippen molar-refractivity contribution in [2.45, 2.75) is 11.8 Å². The molecule has 6 heteroatoms. The average molecular weight is 436 g/mol. The molecule has 3 nitrogen and oxygen atoms in total. The molecule has 0 radical (unpaired) electrons. The largest absolute Gasteiger partial charge is 0.493 e. The van der Waals surface area contributed by atoms with Gasteiger partial charge in [-0.15, -0.1) is 11.3 Å². The van der Waals surface area contributed by atoms with E-state index >= 15 is 0 Å². The fourth-order valence-corrected chi connectivity index (χ4v) is 4.43. The number of halogens is 2. The van der Waals surface area contributed by atoms with E-state index < -0.39 is 0 Å². The third kappa shape index (κ3) is 3.22. The Kier molecular flexibility index (Phi) is 5.57. The lowest BCUT2D eigenvalue weighted by Gasteiger charge is -2.18. The molecule has 1 aromatic carbocycles. The van der Waals surface area contributed by atoms with E-state index in [4.69, 9.17) is 14.2 Å². The van der Waals surface area contributed by atoms with Crippen molar-refractivity contribution < 1.29 is 14.2 Å². The van der Waals surface area contributed by atoms with Crippen molar-refractivity contribution in [3.63, 3.8) is 0 Å². The molecule has 1 atom stereocenters. The Balaban J connectivity index is 2.52. The first-order valence-corrected chi connectivity index (χ1v) is 8.74. The topological polar surface area (TPSA) is 27.7 Å². The summed E-state index contributed by atoms with van der Waals surface area (Å²) in [5, 5.41) is 0. The molecule has 1 aromatic heterocycles. The van der Waals surface area contributed by atoms with Gasteiger partial charge >= 0.3 is 0 Å². The Morgan fingerprint density at radius 3 is 2.19 bits per heavy atom. The number of hydrogen-bond donors (Lipinski definition) is 0. The highest BCUT2D eigenvalue weighted by molar-refractivity contribution is 9.11. The van der Waals surface area contributed by atoms with Crippen LogP contribution in [-0.4, -0.2) is 21.3 Å². The van der Waals surface area contributed by atoms with Crippen LogP contribution in [-0.2, 0) is 0 Å². The zero-order chi connectivity index (χ0) is 15.6. The minimum atomic E-state index is 0.0299. The van der Waals surface area contributed by atoms with Crippen LogP contribution < -0.4 is 14.2 Å². The van der Waals surface area contributed by atoms with Crippen LogP contribution in [0.5, 0.6) is 17.2 Å². The van der Waals surface area contributed by atoms with Gasteiger partial charge in [0.15, 0.2) is 11.5 Å². The van der Waals surface area contributed by atoms with Gasteiger partial charge in [0.2, 0.25) is 5.75 Å². The summed E-state index contributed by atoms with van der Waals surface area (Å²) in [4.78, 5) is 1.23. The van der Waals surface area contributed by atoms with Gasteiger partial charge < -0.3 is 14.2 Å². The summed E-state index contributed by atoms with van der Waals surface area (Å²) in [5.41, 5.74) is 2.22. The van der Waals surface area contributed by atoms with Gasteiger partial charge in [-0.05, 0) is 46.6 Å². The zero-order valence-corrected chi connectivity index (χ0v) is 16.2. The highest BCUT2D eigenvalue weighted by atomic mass is 79.9. The van der Waals surface area contributed by atoms with Gasteiger partial charge in [-0.25, -0.2) is 0 Å². The van der Waals surface area contributed by atoms with Crippen LogP contribution in [0.4, 0.5) is 0 Å². The Morgan fingerprint density at radius 2 is 1.71 bits per heavy atom. The predicted octanol–water partition coefficient (Wildman–Crippen LogP) is 5.33. The van der Waals surface area contributed by atoms with Crippen molar-refractivity contribution in [2.75, 3.05) is 21.3 Å². The maximum atomic E-state index is 5.55. The molecule has 2 rings (SSSR count). The average Bonchev–Trinajstić information content (AvgIpc) is 2.84. The van der Waals surface area contributed by atoms with E-state index in [1.54, 1.807) is 32.7 Å². The van der Waals surface area contributed by atoms with Crippen molar-refractivity contribution in [2.24, 2.45) is 0 Å². The Hall–Kier alpha value is -0.720. The van der Waals surface area contributed by atoms with Crippen LogP contribution in [0.25, 0.3) is 0 Å². The first kappa shape index (κ1) is 16.6. The summed E-state index contributed by atoms with van der Waals surface area (Å²) in [5.74, 6) is 1.94. The maximum Gasteiger partial charge on any atom is 0.203 e. The van der Waals surface area contributed by atoms with Gasteiger partial charge in [-0.2, -0.15) is 0 Å². The molecule has 0 bridgehead atoms. The molecule has 0 saturated carbocycles. The van der Waals surface area contributed by atoms with Crippen LogP contribution in [0.15, 0.2) is 22.0 Å². The molecular weight excluding hydrogens is 420 g/mol. The van der Waals surface area contributed by atoms with Crippen LogP contribution >= 0.6 is 43.2 Å². The third-order valence-corrected chi connectivity index (χ3v) is 6.62. The van der Waals surface area contributed by atoms with Gasteiger partial charge in [-0.1, -0.05) is 15.9 Å². The van der Waals surface area contributed by atoms with Crippen molar-refractivity contribution >= 4 is 43.2 Å². The smallest absolute Gasteiger partial charge is 0.203 e. The number of methoxy groups -OCH3 is 3. The van der Waals surface area contributed by atoms with Gasteiger partial charge in [0.05, 0.1) is 29.9 Å². The van der Waals surface area contributed by atoms with Crippen LogP contribution in [0.2, 0.25) is 0 Å². The molecule has 0 aliphatic heterocycles. The number of ether oxygens (including phenoxy) is 3. The number of hydrogen-bond acceptors (Lipinski definition) is 4. The molecule has 0 N–H and O–H groups in total. The van der Waals surface area contributed by atoms with Crippen molar-refractivity contribution in [3.05, 3.63) is 38.0 Å². The molecular formula is C15H16Br2O3S. The number of thiophene rings is 1. The van der Waals surface area contributed by atoms with E-state index in [0.717, 1.165) is 9.35 Å². The summed E-state index contributed by atoms with van der Waals surface area (Å²) in [6, 6.07) is 6.04. The highest BCUT2D eigenvalue weighted by Gasteiger charge is 2.23. The number of alkyl halides is 1. The first-order valence-electron chi connectivity index (χ1n) is 6.22. The summed E-state index contributed by atoms with van der Waals surface area (Å²) < 4.78 is 17.4. The van der Waals surface area contributed by atoms with E-state index in [1.807, 2.05) is 12.1 Å². The van der Waals surface area contributed by atoms with E-state index in [0.29, 0.717) is 17.2 Å². The molecule has 1 heterocycles. The van der Waals surface area contributed by atoms with Crippen LogP contribution in [0.1, 0.15) is 20.8 Å². The molecule has 114 valence electrons. The van der Waals surface area contributed by atoms with Crippen molar-refractivity contribution in [1.82, 2.24) is 0 Å². The van der Waals surface area contributed by atoms with Crippen LogP contribution in [0, 0.1) is 6.92 Å². The maximum absolute atomic E-state index is 5.55. The summed E-state index contributed by atoms with van der Waals surface area (Å²) in [7, 11) is 4.86. The molecule has 0 amide bonds. The minimum absolute atomic E-state index is 0.0299. The number of rotatable bonds is 5. The monoisotopic (exact) mass is 434 g/mol. The molecule has 0 fully saturated rings. The second-order valence-electron chi connectivity index (χ2n) is 4.39. The van der Waals surface area contributed by atoms with Gasteiger partial charge in [0, 0.05) is 10.4 Å². The summed E-state index contributed by atoms with van der Waals surface area (Å²) in [6.45, 7) is 2.08. The fourth-order valence-electron chi connectivity index (χ4n) is 2.09. The summed E-state index contributed by atoms with van der Waals surface area (Å²) in [6.07, 6.45) is 0. The van der Waals surface area contributed by atoms with E-state index in [-0.39, 0.29) is 4.83 Å². The zero-order valence-electron chi connectivity index (χ0n) is 12.2. The van der Waals surface area contributed by atoms with Crippen molar-refractivity contribution in [3.8, 4) is 17.2 Å². The fraction of sp³-hybridized carbons (Fsp3) is 0.333. The quantitative estimate of drug-likeness (QED) is 0.594. The Labute approximate surface area is 145 Å². The molecule has 1 unspecified atom stereocenters. The second-order valence-corrected chi connectivity index (χ2v) is 7.71. The Bertz CT molecular complexity index is 621. The molecule has 21 heavy (non-hydrogen) atoms. The molecule has 0 saturated heterocycles. The van der Waals surface area contributed by atoms with E-state index in [2.05, 4.69) is 44.8 Å². The second kappa shape index (κ2) is 7.03. The number of benzene rings is 1. The standard InChI is InChI=1S/C15H16Br2O3S/c1-8-7-11(21-15(8)17)12(16)9-5-6-10(18-2)14(20-4)13(9)19-3/h5-7,12H,1-4H3.